The first-order chi connectivity index (χ1) is 13.9. The Morgan fingerprint density at radius 1 is 1.28 bits per heavy atom. The number of aromatic nitrogens is 1. The zero-order valence-electron chi connectivity index (χ0n) is 15.1. The largest absolute Gasteiger partial charge is 0.586 e. The number of hydrogen-bond acceptors (Lipinski definition) is 6. The second kappa shape index (κ2) is 6.29. The van der Waals surface area contributed by atoms with Crippen LogP contribution in [0.2, 0.25) is 0 Å². The summed E-state index contributed by atoms with van der Waals surface area (Å²) in [6, 6.07) is 5.57. The molecule has 0 radical (unpaired) electrons. The minimum absolute atomic E-state index is 0.0690. The van der Waals surface area contributed by atoms with Crippen LogP contribution in [-0.4, -0.2) is 36.2 Å². The highest BCUT2D eigenvalue weighted by Crippen LogP contribution is 2.42. The summed E-state index contributed by atoms with van der Waals surface area (Å²) in [4.78, 5) is 30.9. The molecule has 3 heterocycles. The molecular formula is C19H16F2N4O4. The molecule has 0 spiro atoms. The number of hydrogen-bond donors (Lipinski definition) is 2. The molecule has 3 aliphatic rings. The van der Waals surface area contributed by atoms with Crippen molar-refractivity contribution in [3.63, 3.8) is 0 Å². The molecule has 2 amide bonds. The van der Waals surface area contributed by atoms with Crippen molar-refractivity contribution in [2.45, 2.75) is 19.1 Å². The first-order valence-electron chi connectivity index (χ1n) is 9.13. The van der Waals surface area contributed by atoms with Crippen LogP contribution in [0.5, 0.6) is 11.5 Å². The second-order valence-corrected chi connectivity index (χ2v) is 7.18. The maximum Gasteiger partial charge on any atom is 0.586 e. The molecule has 2 aromatic rings. The average molecular weight is 402 g/mol. The topological polar surface area (TPSA) is 92.8 Å². The molecule has 150 valence electrons. The van der Waals surface area contributed by atoms with Gasteiger partial charge in [-0.05, 0) is 37.0 Å². The highest BCUT2D eigenvalue weighted by molar-refractivity contribution is 6.07. The van der Waals surface area contributed by atoms with E-state index in [1.807, 2.05) is 0 Å². The van der Waals surface area contributed by atoms with Crippen molar-refractivity contribution >= 4 is 29.0 Å². The molecule has 0 bridgehead atoms. The minimum atomic E-state index is -3.72. The minimum Gasteiger partial charge on any atom is -0.395 e. The van der Waals surface area contributed by atoms with Crippen LogP contribution in [0, 0.1) is 5.92 Å². The highest BCUT2D eigenvalue weighted by Gasteiger charge is 2.43. The Balaban J connectivity index is 1.37. The fourth-order valence-corrected chi connectivity index (χ4v) is 3.30. The fourth-order valence-electron chi connectivity index (χ4n) is 3.30. The molecule has 0 unspecified atom stereocenters. The van der Waals surface area contributed by atoms with E-state index in [2.05, 4.69) is 25.1 Å². The third-order valence-corrected chi connectivity index (χ3v) is 4.93. The molecule has 10 heteroatoms. The normalized spacial score (nSPS) is 18.8. The van der Waals surface area contributed by atoms with Gasteiger partial charge in [-0.15, -0.1) is 8.78 Å². The molecule has 5 rings (SSSR count). The van der Waals surface area contributed by atoms with Crippen LogP contribution in [0.1, 0.15) is 23.2 Å². The van der Waals surface area contributed by atoms with E-state index in [1.165, 1.54) is 24.4 Å². The Hall–Kier alpha value is -3.43. The molecule has 0 atom stereocenters. The van der Waals surface area contributed by atoms with Gasteiger partial charge in [0.15, 0.2) is 11.5 Å². The summed E-state index contributed by atoms with van der Waals surface area (Å²) in [5.41, 5.74) is 1.06. The van der Waals surface area contributed by atoms with Gasteiger partial charge in [0.2, 0.25) is 5.91 Å². The van der Waals surface area contributed by atoms with E-state index in [9.17, 15) is 18.4 Å². The number of nitrogens with one attached hydrogen (secondary N) is 2. The lowest BCUT2D eigenvalue weighted by molar-refractivity contribution is -0.286. The number of amides is 2. The van der Waals surface area contributed by atoms with E-state index in [-0.39, 0.29) is 35.2 Å². The van der Waals surface area contributed by atoms with Crippen LogP contribution >= 0.6 is 0 Å². The molecule has 1 aliphatic carbocycles. The van der Waals surface area contributed by atoms with Gasteiger partial charge in [0.05, 0.1) is 17.8 Å². The van der Waals surface area contributed by atoms with Gasteiger partial charge < -0.3 is 25.0 Å². The third-order valence-electron chi connectivity index (χ3n) is 4.93. The van der Waals surface area contributed by atoms with Crippen LogP contribution in [0.15, 0.2) is 30.5 Å². The fraction of sp³-hybridized carbons (Fsp3) is 0.316. The van der Waals surface area contributed by atoms with Gasteiger partial charge in [-0.3, -0.25) is 9.59 Å². The lowest BCUT2D eigenvalue weighted by Gasteiger charge is -2.29. The maximum atomic E-state index is 13.1. The highest BCUT2D eigenvalue weighted by atomic mass is 19.3. The van der Waals surface area contributed by atoms with Crippen molar-refractivity contribution in [3.05, 3.63) is 36.0 Å². The van der Waals surface area contributed by atoms with Crippen molar-refractivity contribution in [2.24, 2.45) is 5.92 Å². The van der Waals surface area contributed by atoms with Crippen LogP contribution in [-0.2, 0) is 4.79 Å². The number of fused-ring (bicyclic) bond motifs is 2. The first kappa shape index (κ1) is 17.7. The summed E-state index contributed by atoms with van der Waals surface area (Å²) in [5.74, 6) is 0.197. The molecular weight excluding hydrogens is 386 g/mol. The predicted octanol–water partition coefficient (Wildman–Crippen LogP) is 2.82. The maximum absolute atomic E-state index is 13.1. The van der Waals surface area contributed by atoms with Crippen LogP contribution < -0.4 is 25.0 Å². The summed E-state index contributed by atoms with van der Waals surface area (Å²) >= 11 is 0. The number of carbonyl (C=O) groups is 2. The Morgan fingerprint density at radius 2 is 2.07 bits per heavy atom. The van der Waals surface area contributed by atoms with E-state index >= 15 is 0 Å². The zero-order chi connectivity index (χ0) is 20.2. The van der Waals surface area contributed by atoms with E-state index in [0.29, 0.717) is 24.0 Å². The zero-order valence-corrected chi connectivity index (χ0v) is 15.1. The van der Waals surface area contributed by atoms with Crippen LogP contribution in [0.4, 0.5) is 26.0 Å². The number of halogens is 2. The number of carbonyl (C=O) groups excluding carboxylic acids is 2. The summed E-state index contributed by atoms with van der Waals surface area (Å²) in [5, 5.41) is 5.57. The molecule has 2 aliphatic heterocycles. The van der Waals surface area contributed by atoms with Gasteiger partial charge in [0, 0.05) is 24.5 Å². The number of alkyl halides is 2. The smallest absolute Gasteiger partial charge is 0.395 e. The van der Waals surface area contributed by atoms with Crippen molar-refractivity contribution in [1.82, 2.24) is 4.98 Å². The second-order valence-electron chi connectivity index (χ2n) is 7.18. The molecule has 0 saturated heterocycles. The molecule has 2 N–H and O–H groups in total. The van der Waals surface area contributed by atoms with Gasteiger partial charge in [0.25, 0.3) is 5.91 Å². The summed E-state index contributed by atoms with van der Waals surface area (Å²) in [6.45, 7) is 0.775. The molecule has 1 saturated carbocycles. The number of ether oxygens (including phenoxy) is 2. The number of rotatable bonds is 4. The third kappa shape index (κ3) is 3.41. The molecule has 29 heavy (non-hydrogen) atoms. The first-order valence-corrected chi connectivity index (χ1v) is 9.13. The summed E-state index contributed by atoms with van der Waals surface area (Å²) in [7, 11) is 0. The van der Waals surface area contributed by atoms with E-state index in [1.54, 1.807) is 11.0 Å². The van der Waals surface area contributed by atoms with Gasteiger partial charge >= 0.3 is 6.29 Å². The Morgan fingerprint density at radius 3 is 2.86 bits per heavy atom. The summed E-state index contributed by atoms with van der Waals surface area (Å²) in [6.07, 6.45) is -0.155. The summed E-state index contributed by atoms with van der Waals surface area (Å²) < 4.78 is 35.0. The van der Waals surface area contributed by atoms with Crippen LogP contribution in [0.3, 0.4) is 0 Å². The number of anilines is 3. The van der Waals surface area contributed by atoms with Gasteiger partial charge in [-0.1, -0.05) is 0 Å². The van der Waals surface area contributed by atoms with Gasteiger partial charge in [0.1, 0.15) is 5.82 Å². The lowest BCUT2D eigenvalue weighted by Crippen LogP contribution is -2.41. The van der Waals surface area contributed by atoms with E-state index in [0.717, 1.165) is 12.8 Å². The van der Waals surface area contributed by atoms with Crippen LogP contribution in [0.25, 0.3) is 0 Å². The van der Waals surface area contributed by atoms with E-state index in [4.69, 9.17) is 0 Å². The number of nitrogens with zero attached hydrogens (tertiary/aromatic N) is 2. The van der Waals surface area contributed by atoms with Crippen molar-refractivity contribution in [3.8, 4) is 11.5 Å². The predicted molar refractivity (Wildman–Crippen MR) is 98.4 cm³/mol. The van der Waals surface area contributed by atoms with Gasteiger partial charge in [-0.2, -0.15) is 0 Å². The van der Waals surface area contributed by atoms with Crippen molar-refractivity contribution in [2.75, 3.05) is 28.6 Å². The monoisotopic (exact) mass is 402 g/mol. The molecule has 1 aromatic carbocycles. The molecule has 1 aromatic heterocycles. The number of benzene rings is 1. The lowest BCUT2D eigenvalue weighted by atomic mass is 10.1. The standard InChI is InChI=1S/C19H16F2N4O4/c20-19(21)28-14-4-3-12(6-15(14)29-19)24-18(27)11-5-13-17(22-7-11)23-8-16(26)25(13)9-10-1-2-10/h3-7,10H,1-2,8-9H2,(H,22,23)(H,24,27). The Kier molecular flexibility index (Phi) is 3.83. The molecule has 8 nitrogen and oxygen atoms in total. The van der Waals surface area contributed by atoms with Crippen molar-refractivity contribution in [1.29, 1.82) is 0 Å². The number of pyridine rings is 1. The average Bonchev–Trinajstić information content (AvgIpc) is 3.44. The SMILES string of the molecule is O=C(Nc1ccc2c(c1)OC(F)(F)O2)c1cnc2c(c1)N(CC1CC1)C(=O)CN2. The quantitative estimate of drug-likeness (QED) is 0.817. The van der Waals surface area contributed by atoms with Crippen molar-refractivity contribution < 1.29 is 27.8 Å². The Labute approximate surface area is 163 Å². The Bertz CT molecular complexity index is 1030. The van der Waals surface area contributed by atoms with Gasteiger partial charge in [-0.25, -0.2) is 4.98 Å². The van der Waals surface area contributed by atoms with E-state index < -0.39 is 12.2 Å². The molecule has 1 fully saturated rings.